The third-order valence-electron chi connectivity index (χ3n) is 4.06. The molecule has 0 radical (unpaired) electrons. The molecule has 7 heteroatoms. The van der Waals surface area contributed by atoms with Gasteiger partial charge in [0.2, 0.25) is 0 Å². The predicted molar refractivity (Wildman–Crippen MR) is 107 cm³/mol. The third-order valence-corrected chi connectivity index (χ3v) is 4.84. The molecule has 0 spiro atoms. The first-order valence-electron chi connectivity index (χ1n) is 8.37. The zero-order valence-corrected chi connectivity index (χ0v) is 16.2. The summed E-state index contributed by atoms with van der Waals surface area (Å²) in [6.07, 6.45) is 1.76. The van der Waals surface area contributed by atoms with Gasteiger partial charge < -0.3 is 10.2 Å². The van der Waals surface area contributed by atoms with Gasteiger partial charge in [0.15, 0.2) is 0 Å². The van der Waals surface area contributed by atoms with Crippen LogP contribution in [-0.4, -0.2) is 29.7 Å². The average Bonchev–Trinajstić information content (AvgIpc) is 2.62. The number of amides is 1. The quantitative estimate of drug-likeness (QED) is 0.428. The normalized spacial score (nSPS) is 10.7. The second kappa shape index (κ2) is 8.71. The van der Waals surface area contributed by atoms with E-state index in [9.17, 15) is 14.9 Å². The van der Waals surface area contributed by atoms with Crippen molar-refractivity contribution in [2.45, 2.75) is 31.7 Å². The van der Waals surface area contributed by atoms with Crippen molar-refractivity contribution in [3.8, 4) is 0 Å². The standard InChI is InChI=1S/C19H23N3O3S/c1-5-21(13(2)3)16-9-7-15(8-10-16)20-19(23)14-6-11-18(26-4)17(12-14)22(24)25/h6-13H,5H2,1-4H3,(H,20,23). The van der Waals surface area contributed by atoms with E-state index in [-0.39, 0.29) is 17.2 Å². The number of thioether (sulfide) groups is 1. The van der Waals surface area contributed by atoms with Crippen molar-refractivity contribution in [3.63, 3.8) is 0 Å². The molecule has 0 heterocycles. The summed E-state index contributed by atoms with van der Waals surface area (Å²) in [6, 6.07) is 12.5. The molecular weight excluding hydrogens is 350 g/mol. The lowest BCUT2D eigenvalue weighted by Crippen LogP contribution is -2.30. The van der Waals surface area contributed by atoms with E-state index in [1.54, 1.807) is 18.4 Å². The Hall–Kier alpha value is -2.54. The summed E-state index contributed by atoms with van der Waals surface area (Å²) in [7, 11) is 0. The minimum atomic E-state index is -0.470. The van der Waals surface area contributed by atoms with E-state index in [0.29, 0.717) is 16.6 Å². The number of rotatable bonds is 7. The third kappa shape index (κ3) is 4.54. The van der Waals surface area contributed by atoms with Crippen molar-refractivity contribution >= 4 is 34.7 Å². The van der Waals surface area contributed by atoms with Gasteiger partial charge in [0.25, 0.3) is 11.6 Å². The van der Waals surface area contributed by atoms with Crippen molar-refractivity contribution in [1.29, 1.82) is 0 Å². The molecule has 0 saturated carbocycles. The number of benzene rings is 2. The number of nitrogens with one attached hydrogen (secondary N) is 1. The van der Waals surface area contributed by atoms with Crippen LogP contribution in [0.2, 0.25) is 0 Å². The number of nitro groups is 1. The maximum Gasteiger partial charge on any atom is 0.283 e. The number of nitro benzene ring substituents is 1. The number of carbonyl (C=O) groups excluding carboxylic acids is 1. The molecular formula is C19H23N3O3S. The summed E-state index contributed by atoms with van der Waals surface area (Å²) in [5, 5.41) is 13.9. The van der Waals surface area contributed by atoms with Crippen LogP contribution in [0.5, 0.6) is 0 Å². The van der Waals surface area contributed by atoms with Crippen molar-refractivity contribution < 1.29 is 9.72 Å². The van der Waals surface area contributed by atoms with Gasteiger partial charge in [0.1, 0.15) is 0 Å². The molecule has 0 aliphatic carbocycles. The Morgan fingerprint density at radius 1 is 1.23 bits per heavy atom. The van der Waals surface area contributed by atoms with Gasteiger partial charge in [-0.3, -0.25) is 14.9 Å². The highest BCUT2D eigenvalue weighted by Crippen LogP contribution is 2.28. The van der Waals surface area contributed by atoms with Gasteiger partial charge in [-0.25, -0.2) is 0 Å². The van der Waals surface area contributed by atoms with E-state index in [1.807, 2.05) is 24.3 Å². The first-order chi connectivity index (χ1) is 12.4. The highest BCUT2D eigenvalue weighted by molar-refractivity contribution is 7.98. The van der Waals surface area contributed by atoms with Crippen LogP contribution in [0.25, 0.3) is 0 Å². The zero-order chi connectivity index (χ0) is 19.3. The van der Waals surface area contributed by atoms with Gasteiger partial charge in [-0.15, -0.1) is 11.8 Å². The highest BCUT2D eigenvalue weighted by atomic mass is 32.2. The largest absolute Gasteiger partial charge is 0.369 e. The molecule has 0 aliphatic rings. The lowest BCUT2D eigenvalue weighted by atomic mass is 10.1. The Balaban J connectivity index is 2.17. The molecule has 1 N–H and O–H groups in total. The van der Waals surface area contributed by atoms with E-state index in [4.69, 9.17) is 0 Å². The van der Waals surface area contributed by atoms with Crippen molar-refractivity contribution in [2.75, 3.05) is 23.0 Å². The summed E-state index contributed by atoms with van der Waals surface area (Å²) >= 11 is 1.28. The molecule has 0 atom stereocenters. The number of carbonyl (C=O) groups is 1. The molecule has 1 amide bonds. The molecule has 0 unspecified atom stereocenters. The monoisotopic (exact) mass is 373 g/mol. The summed E-state index contributed by atoms with van der Waals surface area (Å²) in [5.74, 6) is -0.371. The van der Waals surface area contributed by atoms with Crippen LogP contribution in [0.1, 0.15) is 31.1 Å². The van der Waals surface area contributed by atoms with Crippen LogP contribution < -0.4 is 10.2 Å². The van der Waals surface area contributed by atoms with Crippen LogP contribution in [0.4, 0.5) is 17.1 Å². The number of anilines is 2. The van der Waals surface area contributed by atoms with E-state index in [2.05, 4.69) is 31.0 Å². The molecule has 2 rings (SSSR count). The molecule has 0 bridgehead atoms. The smallest absolute Gasteiger partial charge is 0.283 e. The molecule has 0 fully saturated rings. The van der Waals surface area contributed by atoms with E-state index in [1.165, 1.54) is 17.8 Å². The number of hydrogen-bond acceptors (Lipinski definition) is 5. The Kier molecular flexibility index (Phi) is 6.63. The summed E-state index contributed by atoms with van der Waals surface area (Å²) in [5.41, 5.74) is 1.93. The molecule has 6 nitrogen and oxygen atoms in total. The molecule has 2 aromatic carbocycles. The van der Waals surface area contributed by atoms with Crippen LogP contribution in [0.3, 0.4) is 0 Å². The van der Waals surface area contributed by atoms with Gasteiger partial charge >= 0.3 is 0 Å². The first-order valence-corrected chi connectivity index (χ1v) is 9.60. The molecule has 0 saturated heterocycles. The maximum absolute atomic E-state index is 12.4. The molecule has 0 aromatic heterocycles. The lowest BCUT2D eigenvalue weighted by molar-refractivity contribution is -0.387. The van der Waals surface area contributed by atoms with Crippen LogP contribution in [0, 0.1) is 10.1 Å². The minimum absolute atomic E-state index is 0.0592. The predicted octanol–water partition coefficient (Wildman–Crippen LogP) is 4.80. The topological polar surface area (TPSA) is 75.5 Å². The van der Waals surface area contributed by atoms with Crippen LogP contribution in [-0.2, 0) is 0 Å². The zero-order valence-electron chi connectivity index (χ0n) is 15.4. The van der Waals surface area contributed by atoms with Crippen molar-refractivity contribution in [2.24, 2.45) is 0 Å². The SMILES string of the molecule is CCN(c1ccc(NC(=O)c2ccc(SC)c([N+](=O)[O-])c2)cc1)C(C)C. The molecule has 0 aliphatic heterocycles. The number of nitrogens with zero attached hydrogens (tertiary/aromatic N) is 2. The fourth-order valence-corrected chi connectivity index (χ4v) is 3.31. The van der Waals surface area contributed by atoms with E-state index < -0.39 is 4.92 Å². The van der Waals surface area contributed by atoms with Crippen molar-refractivity contribution in [1.82, 2.24) is 0 Å². The second-order valence-electron chi connectivity index (χ2n) is 6.02. The van der Waals surface area contributed by atoms with Gasteiger partial charge in [0.05, 0.1) is 9.82 Å². The summed E-state index contributed by atoms with van der Waals surface area (Å²) in [6.45, 7) is 7.25. The average molecular weight is 373 g/mol. The Morgan fingerprint density at radius 3 is 2.38 bits per heavy atom. The van der Waals surface area contributed by atoms with Gasteiger partial charge in [0, 0.05) is 35.6 Å². The van der Waals surface area contributed by atoms with Crippen LogP contribution in [0.15, 0.2) is 47.4 Å². The Morgan fingerprint density at radius 2 is 1.88 bits per heavy atom. The van der Waals surface area contributed by atoms with E-state index >= 15 is 0 Å². The summed E-state index contributed by atoms with van der Waals surface area (Å²) < 4.78 is 0. The Bertz CT molecular complexity index is 791. The van der Waals surface area contributed by atoms with Gasteiger partial charge in [-0.05, 0) is 63.4 Å². The molecule has 26 heavy (non-hydrogen) atoms. The highest BCUT2D eigenvalue weighted by Gasteiger charge is 2.17. The van der Waals surface area contributed by atoms with Gasteiger partial charge in [-0.1, -0.05) is 0 Å². The maximum atomic E-state index is 12.4. The lowest BCUT2D eigenvalue weighted by Gasteiger charge is -2.27. The molecule has 2 aromatic rings. The second-order valence-corrected chi connectivity index (χ2v) is 6.87. The summed E-state index contributed by atoms with van der Waals surface area (Å²) in [4.78, 5) is 25.9. The fourth-order valence-electron chi connectivity index (χ4n) is 2.76. The van der Waals surface area contributed by atoms with Crippen LogP contribution >= 0.6 is 11.8 Å². The minimum Gasteiger partial charge on any atom is -0.369 e. The number of hydrogen-bond donors (Lipinski definition) is 1. The first kappa shape index (κ1) is 19.8. The fraction of sp³-hybridized carbons (Fsp3) is 0.316. The van der Waals surface area contributed by atoms with E-state index in [0.717, 1.165) is 12.2 Å². The Labute approximate surface area is 157 Å². The van der Waals surface area contributed by atoms with Gasteiger partial charge in [-0.2, -0.15) is 0 Å². The van der Waals surface area contributed by atoms with Crippen molar-refractivity contribution in [3.05, 3.63) is 58.1 Å². The molecule has 138 valence electrons.